The van der Waals surface area contributed by atoms with E-state index in [0.717, 1.165) is 5.71 Å². The predicted octanol–water partition coefficient (Wildman–Crippen LogP) is 2.71. The Hall–Kier alpha value is -1.71. The summed E-state index contributed by atoms with van der Waals surface area (Å²) < 4.78 is 0. The van der Waals surface area contributed by atoms with Crippen molar-refractivity contribution in [2.24, 2.45) is 10.4 Å². The fourth-order valence-corrected chi connectivity index (χ4v) is 1.21. The fraction of sp³-hybridized carbons (Fsp3) is 0.462. The number of pyridine rings is 1. The summed E-state index contributed by atoms with van der Waals surface area (Å²) in [5, 5.41) is 9.21. The molecule has 0 aromatic carbocycles. The molecule has 0 fully saturated rings. The third kappa shape index (κ3) is 3.66. The molecule has 17 heavy (non-hydrogen) atoms. The second-order valence-corrected chi connectivity index (χ2v) is 4.99. The van der Waals surface area contributed by atoms with Crippen molar-refractivity contribution in [1.29, 1.82) is 0 Å². The Balaban J connectivity index is 3.09. The quantitative estimate of drug-likeness (QED) is 0.818. The first-order valence-corrected chi connectivity index (χ1v) is 5.50. The zero-order valence-corrected chi connectivity index (χ0v) is 10.6. The molecule has 1 rings (SSSR count). The average molecular weight is 234 g/mol. The Kier molecular flexibility index (Phi) is 3.99. The van der Waals surface area contributed by atoms with E-state index in [1.807, 2.05) is 27.7 Å². The van der Waals surface area contributed by atoms with Gasteiger partial charge in [0, 0.05) is 18.1 Å². The Morgan fingerprint density at radius 1 is 1.35 bits per heavy atom. The van der Waals surface area contributed by atoms with Crippen molar-refractivity contribution >= 4 is 11.7 Å². The van der Waals surface area contributed by atoms with E-state index in [2.05, 4.69) is 9.98 Å². The number of rotatable bonds is 3. The first-order chi connectivity index (χ1) is 7.82. The largest absolute Gasteiger partial charge is 0.479 e. The minimum Gasteiger partial charge on any atom is -0.479 e. The van der Waals surface area contributed by atoms with Crippen LogP contribution >= 0.6 is 0 Å². The van der Waals surface area contributed by atoms with Crippen molar-refractivity contribution in [2.75, 3.05) is 0 Å². The summed E-state index contributed by atoms with van der Waals surface area (Å²) in [6.07, 6.45) is 3.15. The number of carbonyl (C=O) groups is 1. The molecule has 0 saturated carbocycles. The second kappa shape index (κ2) is 5.08. The highest BCUT2D eigenvalue weighted by atomic mass is 16.4. The molecule has 4 heteroatoms. The van der Waals surface area contributed by atoms with Crippen LogP contribution in [-0.4, -0.2) is 21.8 Å². The van der Waals surface area contributed by atoms with Crippen molar-refractivity contribution in [2.45, 2.75) is 33.7 Å². The topological polar surface area (TPSA) is 62.5 Å². The molecular weight excluding hydrogens is 216 g/mol. The lowest BCUT2D eigenvalue weighted by Crippen LogP contribution is -2.20. The average Bonchev–Trinajstić information content (AvgIpc) is 2.25. The van der Waals surface area contributed by atoms with Crippen LogP contribution < -0.4 is 0 Å². The van der Waals surface area contributed by atoms with Crippen LogP contribution in [0.25, 0.3) is 0 Å². The Bertz CT molecular complexity index is 419. The van der Waals surface area contributed by atoms with Gasteiger partial charge in [-0.2, -0.15) is 0 Å². The highest BCUT2D eigenvalue weighted by molar-refractivity contribution is 5.89. The first kappa shape index (κ1) is 13.4. The summed E-state index contributed by atoms with van der Waals surface area (Å²) >= 11 is 0. The number of aromatic nitrogens is 1. The minimum absolute atomic E-state index is 0.124. The van der Waals surface area contributed by atoms with E-state index in [0.29, 0.717) is 5.56 Å². The number of carboxylic acids is 1. The second-order valence-electron chi connectivity index (χ2n) is 4.99. The van der Waals surface area contributed by atoms with Gasteiger partial charge in [0.2, 0.25) is 0 Å². The lowest BCUT2D eigenvalue weighted by Gasteiger charge is -2.20. The number of carboxylic acid groups (broad SMARTS) is 1. The van der Waals surface area contributed by atoms with Gasteiger partial charge in [0.1, 0.15) is 0 Å². The summed E-state index contributed by atoms with van der Waals surface area (Å²) in [5.74, 6) is -0.945. The zero-order valence-electron chi connectivity index (χ0n) is 10.6. The summed E-state index contributed by atoms with van der Waals surface area (Å²) in [7, 11) is 0. The maximum atomic E-state index is 11.2. The van der Waals surface area contributed by atoms with Crippen LogP contribution in [0.3, 0.4) is 0 Å². The number of nitrogens with zero attached hydrogens (tertiary/aromatic N) is 2. The number of hydrogen-bond acceptors (Lipinski definition) is 3. The van der Waals surface area contributed by atoms with E-state index in [1.165, 1.54) is 0 Å². The normalized spacial score (nSPS) is 14.5. The monoisotopic (exact) mass is 234 g/mol. The Labute approximate surface area is 101 Å². The van der Waals surface area contributed by atoms with Crippen molar-refractivity contribution < 1.29 is 9.90 Å². The number of aliphatic imine (C=N–C) groups is 1. The molecule has 1 aromatic rings. The molecule has 0 aliphatic rings. The molecule has 4 nitrogen and oxygen atoms in total. The van der Waals surface area contributed by atoms with Gasteiger partial charge >= 0.3 is 5.97 Å². The standard InChI is InChI=1S/C13H18N2O2/c1-9(13(2,3)4)15-11(12(16)17)10-5-7-14-8-6-10/h5-8,11H,1-4H3,(H,16,17). The molecule has 1 heterocycles. The fourth-order valence-electron chi connectivity index (χ4n) is 1.21. The van der Waals surface area contributed by atoms with Crippen LogP contribution in [0.4, 0.5) is 0 Å². The van der Waals surface area contributed by atoms with Crippen molar-refractivity contribution in [1.82, 2.24) is 4.98 Å². The summed E-state index contributed by atoms with van der Waals surface area (Å²) in [4.78, 5) is 19.4. The van der Waals surface area contributed by atoms with E-state index < -0.39 is 12.0 Å². The van der Waals surface area contributed by atoms with Crippen LogP contribution in [0, 0.1) is 5.41 Å². The van der Waals surface area contributed by atoms with Gasteiger partial charge in [0.15, 0.2) is 6.04 Å². The van der Waals surface area contributed by atoms with Crippen LogP contribution in [0.15, 0.2) is 29.5 Å². The molecule has 0 amide bonds. The number of aliphatic carboxylic acids is 1. The van der Waals surface area contributed by atoms with Crippen LogP contribution in [0.1, 0.15) is 39.3 Å². The Morgan fingerprint density at radius 2 is 1.88 bits per heavy atom. The summed E-state index contributed by atoms with van der Waals surface area (Å²) in [6.45, 7) is 7.89. The van der Waals surface area contributed by atoms with Crippen LogP contribution in [0.5, 0.6) is 0 Å². The SMILES string of the molecule is CC(=NC(C(=O)O)c1ccncc1)C(C)(C)C. The van der Waals surface area contributed by atoms with Crippen molar-refractivity contribution in [3.8, 4) is 0 Å². The van der Waals surface area contributed by atoms with E-state index in [9.17, 15) is 9.90 Å². The molecule has 0 radical (unpaired) electrons. The van der Waals surface area contributed by atoms with E-state index in [-0.39, 0.29) is 5.41 Å². The summed E-state index contributed by atoms with van der Waals surface area (Å²) in [5.41, 5.74) is 1.35. The molecular formula is C13H18N2O2. The Morgan fingerprint density at radius 3 is 2.29 bits per heavy atom. The molecule has 0 spiro atoms. The third-order valence-electron chi connectivity index (χ3n) is 2.66. The van der Waals surface area contributed by atoms with Gasteiger partial charge in [-0.3, -0.25) is 9.98 Å². The number of hydrogen-bond donors (Lipinski definition) is 1. The van der Waals surface area contributed by atoms with E-state index >= 15 is 0 Å². The van der Waals surface area contributed by atoms with Gasteiger partial charge in [0.25, 0.3) is 0 Å². The molecule has 1 unspecified atom stereocenters. The zero-order chi connectivity index (χ0) is 13.1. The predicted molar refractivity (Wildman–Crippen MR) is 67.2 cm³/mol. The van der Waals surface area contributed by atoms with E-state index in [4.69, 9.17) is 0 Å². The van der Waals surface area contributed by atoms with Gasteiger partial charge in [-0.05, 0) is 30.0 Å². The first-order valence-electron chi connectivity index (χ1n) is 5.50. The molecule has 0 aliphatic carbocycles. The molecule has 1 atom stereocenters. The minimum atomic E-state index is -0.945. The molecule has 1 N–H and O–H groups in total. The summed E-state index contributed by atoms with van der Waals surface area (Å²) in [6, 6.07) is 2.51. The molecule has 92 valence electrons. The van der Waals surface area contributed by atoms with Crippen molar-refractivity contribution in [3.63, 3.8) is 0 Å². The van der Waals surface area contributed by atoms with Crippen LogP contribution in [-0.2, 0) is 4.79 Å². The lowest BCUT2D eigenvalue weighted by molar-refractivity contribution is -0.138. The molecule has 0 aliphatic heterocycles. The van der Waals surface area contributed by atoms with Gasteiger partial charge < -0.3 is 5.11 Å². The van der Waals surface area contributed by atoms with Gasteiger partial charge in [-0.1, -0.05) is 20.8 Å². The maximum Gasteiger partial charge on any atom is 0.333 e. The van der Waals surface area contributed by atoms with E-state index in [1.54, 1.807) is 24.5 Å². The van der Waals surface area contributed by atoms with Gasteiger partial charge in [0.05, 0.1) is 0 Å². The third-order valence-corrected chi connectivity index (χ3v) is 2.66. The highest BCUT2D eigenvalue weighted by Gasteiger charge is 2.22. The highest BCUT2D eigenvalue weighted by Crippen LogP contribution is 2.22. The van der Waals surface area contributed by atoms with Gasteiger partial charge in [-0.15, -0.1) is 0 Å². The lowest BCUT2D eigenvalue weighted by atomic mass is 9.90. The van der Waals surface area contributed by atoms with Crippen LogP contribution in [0.2, 0.25) is 0 Å². The van der Waals surface area contributed by atoms with Crippen molar-refractivity contribution in [3.05, 3.63) is 30.1 Å². The molecule has 0 saturated heterocycles. The smallest absolute Gasteiger partial charge is 0.333 e. The molecule has 0 bridgehead atoms. The molecule has 1 aromatic heterocycles. The van der Waals surface area contributed by atoms with Gasteiger partial charge in [-0.25, -0.2) is 4.79 Å². The maximum absolute atomic E-state index is 11.2.